The number of ether oxygens (including phenoxy) is 1. The normalized spacial score (nSPS) is 18.2. The molecule has 1 atom stereocenters. The van der Waals surface area contributed by atoms with Crippen molar-refractivity contribution < 1.29 is 9.53 Å². The molecule has 0 radical (unpaired) electrons. The van der Waals surface area contributed by atoms with Crippen LogP contribution < -0.4 is 5.32 Å². The van der Waals surface area contributed by atoms with E-state index in [1.165, 1.54) is 0 Å². The Morgan fingerprint density at radius 1 is 1.50 bits per heavy atom. The molecule has 1 aliphatic heterocycles. The summed E-state index contributed by atoms with van der Waals surface area (Å²) in [7, 11) is 0. The molecule has 3 rings (SSSR count). The first-order valence-electron chi connectivity index (χ1n) is 7.15. The Kier molecular flexibility index (Phi) is 4.29. The minimum atomic E-state index is -0.136. The van der Waals surface area contributed by atoms with Crippen LogP contribution in [0.5, 0.6) is 0 Å². The summed E-state index contributed by atoms with van der Waals surface area (Å²) in [5.74, 6) is 0. The minimum Gasteiger partial charge on any atom is -0.373 e. The van der Waals surface area contributed by atoms with Crippen LogP contribution in [0.25, 0.3) is 0 Å². The van der Waals surface area contributed by atoms with Gasteiger partial charge in [-0.05, 0) is 19.1 Å². The number of carbonyl (C=O) groups is 1. The molecular weight excluding hydrogens is 284 g/mol. The fourth-order valence-electron chi connectivity index (χ4n) is 2.36. The maximum atomic E-state index is 12.4. The number of nitrogens with one attached hydrogen (secondary N) is 1. The average Bonchev–Trinajstić information content (AvgIpc) is 3.03. The number of amides is 2. The highest BCUT2D eigenvalue weighted by Gasteiger charge is 2.25. The lowest BCUT2D eigenvalue weighted by atomic mass is 10.2. The maximum Gasteiger partial charge on any atom is 0.322 e. The smallest absolute Gasteiger partial charge is 0.322 e. The van der Waals surface area contributed by atoms with Crippen LogP contribution in [-0.4, -0.2) is 56.7 Å². The van der Waals surface area contributed by atoms with E-state index in [1.54, 1.807) is 34.2 Å². The molecule has 1 aliphatic rings. The Balaban J connectivity index is 1.59. The van der Waals surface area contributed by atoms with Crippen molar-refractivity contribution in [3.8, 4) is 0 Å². The Bertz CT molecular complexity index is 630. The van der Waals surface area contributed by atoms with E-state index in [9.17, 15) is 4.79 Å². The number of aromatic nitrogens is 4. The molecule has 1 N–H and O–H groups in total. The zero-order valence-corrected chi connectivity index (χ0v) is 12.3. The van der Waals surface area contributed by atoms with Crippen LogP contribution in [0.4, 0.5) is 10.5 Å². The minimum absolute atomic E-state index is 0.0869. The van der Waals surface area contributed by atoms with Gasteiger partial charge in [0.15, 0.2) is 0 Å². The molecule has 2 aromatic rings. The predicted molar refractivity (Wildman–Crippen MR) is 79.3 cm³/mol. The van der Waals surface area contributed by atoms with Gasteiger partial charge < -0.3 is 15.0 Å². The van der Waals surface area contributed by atoms with Gasteiger partial charge in [-0.2, -0.15) is 0 Å². The van der Waals surface area contributed by atoms with E-state index in [2.05, 4.69) is 20.6 Å². The molecule has 0 bridgehead atoms. The van der Waals surface area contributed by atoms with Gasteiger partial charge in [0.2, 0.25) is 0 Å². The molecule has 0 aromatic carbocycles. The Morgan fingerprint density at radius 3 is 3.18 bits per heavy atom. The van der Waals surface area contributed by atoms with Crippen LogP contribution >= 0.6 is 0 Å². The highest BCUT2D eigenvalue weighted by Crippen LogP contribution is 2.13. The van der Waals surface area contributed by atoms with Crippen LogP contribution in [0.3, 0.4) is 0 Å². The third kappa shape index (κ3) is 3.40. The van der Waals surface area contributed by atoms with Crippen molar-refractivity contribution in [1.82, 2.24) is 24.9 Å². The zero-order valence-electron chi connectivity index (χ0n) is 12.3. The number of carbonyl (C=O) groups excluding carboxylic acids is 1. The van der Waals surface area contributed by atoms with Crippen LogP contribution in [0.2, 0.25) is 0 Å². The van der Waals surface area contributed by atoms with E-state index in [1.807, 2.05) is 13.0 Å². The summed E-state index contributed by atoms with van der Waals surface area (Å²) in [6.07, 6.45) is 5.02. The molecule has 3 heterocycles. The van der Waals surface area contributed by atoms with E-state index in [0.717, 1.165) is 11.4 Å². The van der Waals surface area contributed by atoms with Crippen molar-refractivity contribution in [2.24, 2.45) is 0 Å². The van der Waals surface area contributed by atoms with E-state index in [4.69, 9.17) is 4.74 Å². The van der Waals surface area contributed by atoms with Crippen molar-refractivity contribution in [3.05, 3.63) is 36.4 Å². The Labute approximate surface area is 128 Å². The third-order valence-electron chi connectivity index (χ3n) is 3.54. The van der Waals surface area contributed by atoms with Gasteiger partial charge in [0.25, 0.3) is 0 Å². The number of hydrogen-bond donors (Lipinski definition) is 1. The SMILES string of the molecule is Cc1ncccc1NC(=O)N1CCOC(Cn2ccnn2)C1. The average molecular weight is 302 g/mol. The van der Waals surface area contributed by atoms with E-state index < -0.39 is 0 Å². The van der Waals surface area contributed by atoms with Crippen LogP contribution in [0.1, 0.15) is 5.69 Å². The van der Waals surface area contributed by atoms with Crippen molar-refractivity contribution >= 4 is 11.7 Å². The summed E-state index contributed by atoms with van der Waals surface area (Å²) in [4.78, 5) is 18.3. The molecule has 116 valence electrons. The van der Waals surface area contributed by atoms with Gasteiger partial charge in [-0.1, -0.05) is 5.21 Å². The molecule has 2 amide bonds. The second kappa shape index (κ2) is 6.52. The standard InChI is InChI=1S/C14H18N6O2/c1-11-13(3-2-4-15-11)17-14(21)19-7-8-22-12(9-19)10-20-6-5-16-18-20/h2-6,12H,7-10H2,1H3,(H,17,21). The molecule has 1 fully saturated rings. The monoisotopic (exact) mass is 302 g/mol. The lowest BCUT2D eigenvalue weighted by Crippen LogP contribution is -2.48. The number of morpholine rings is 1. The summed E-state index contributed by atoms with van der Waals surface area (Å²) < 4.78 is 7.39. The molecule has 1 saturated heterocycles. The van der Waals surface area contributed by atoms with E-state index >= 15 is 0 Å². The highest BCUT2D eigenvalue weighted by atomic mass is 16.5. The molecule has 2 aromatic heterocycles. The van der Waals surface area contributed by atoms with Gasteiger partial charge in [-0.25, -0.2) is 9.48 Å². The van der Waals surface area contributed by atoms with Crippen molar-refractivity contribution in [1.29, 1.82) is 0 Å². The van der Waals surface area contributed by atoms with Gasteiger partial charge in [-0.15, -0.1) is 5.10 Å². The molecule has 8 nitrogen and oxygen atoms in total. The van der Waals surface area contributed by atoms with E-state index in [0.29, 0.717) is 26.2 Å². The molecule has 0 spiro atoms. The van der Waals surface area contributed by atoms with Gasteiger partial charge in [0.1, 0.15) is 0 Å². The second-order valence-corrected chi connectivity index (χ2v) is 5.13. The molecule has 1 unspecified atom stereocenters. The summed E-state index contributed by atoms with van der Waals surface area (Å²) in [6, 6.07) is 3.51. The number of anilines is 1. The number of hydrogen-bond acceptors (Lipinski definition) is 5. The first kappa shape index (κ1) is 14.5. The molecule has 8 heteroatoms. The fourth-order valence-corrected chi connectivity index (χ4v) is 2.36. The maximum absolute atomic E-state index is 12.4. The highest BCUT2D eigenvalue weighted by molar-refractivity contribution is 5.89. The van der Waals surface area contributed by atoms with Crippen molar-refractivity contribution in [2.75, 3.05) is 25.0 Å². The largest absolute Gasteiger partial charge is 0.373 e. The molecule has 22 heavy (non-hydrogen) atoms. The van der Waals surface area contributed by atoms with Crippen molar-refractivity contribution in [2.45, 2.75) is 19.6 Å². The number of pyridine rings is 1. The van der Waals surface area contributed by atoms with E-state index in [-0.39, 0.29) is 12.1 Å². The first-order valence-corrected chi connectivity index (χ1v) is 7.15. The first-order chi connectivity index (χ1) is 10.7. The zero-order chi connectivity index (χ0) is 15.4. The summed E-state index contributed by atoms with van der Waals surface area (Å²) in [5.41, 5.74) is 1.52. The topological polar surface area (TPSA) is 85.2 Å². The second-order valence-electron chi connectivity index (χ2n) is 5.13. The van der Waals surface area contributed by atoms with Crippen LogP contribution in [0, 0.1) is 6.92 Å². The Morgan fingerprint density at radius 2 is 2.41 bits per heavy atom. The molecule has 0 aliphatic carbocycles. The molecule has 0 saturated carbocycles. The molecular formula is C14H18N6O2. The summed E-state index contributed by atoms with van der Waals surface area (Å²) in [5, 5.41) is 10.6. The number of nitrogens with zero attached hydrogens (tertiary/aromatic N) is 5. The van der Waals surface area contributed by atoms with Gasteiger partial charge in [0, 0.05) is 18.9 Å². The number of aryl methyl sites for hydroxylation is 1. The fraction of sp³-hybridized carbons (Fsp3) is 0.429. The lowest BCUT2D eigenvalue weighted by Gasteiger charge is -2.32. The van der Waals surface area contributed by atoms with Gasteiger partial charge in [0.05, 0.1) is 43.4 Å². The third-order valence-corrected chi connectivity index (χ3v) is 3.54. The number of urea groups is 1. The quantitative estimate of drug-likeness (QED) is 0.911. The number of rotatable bonds is 3. The predicted octanol–water partition coefficient (Wildman–Crippen LogP) is 0.914. The van der Waals surface area contributed by atoms with Crippen LogP contribution in [0.15, 0.2) is 30.7 Å². The van der Waals surface area contributed by atoms with Crippen LogP contribution in [-0.2, 0) is 11.3 Å². The van der Waals surface area contributed by atoms with Gasteiger partial charge in [-0.3, -0.25) is 4.98 Å². The van der Waals surface area contributed by atoms with Crippen molar-refractivity contribution in [3.63, 3.8) is 0 Å². The summed E-state index contributed by atoms with van der Waals surface area (Å²) in [6.45, 7) is 4.04. The van der Waals surface area contributed by atoms with Gasteiger partial charge >= 0.3 is 6.03 Å². The Hall–Kier alpha value is -2.48. The summed E-state index contributed by atoms with van der Waals surface area (Å²) >= 11 is 0. The lowest BCUT2D eigenvalue weighted by molar-refractivity contribution is -0.0222.